The fraction of sp³-hybridized carbons (Fsp3) is 0.500. The number of rotatable bonds is 6. The van der Waals surface area contributed by atoms with E-state index in [2.05, 4.69) is 6.07 Å². The first kappa shape index (κ1) is 13.7. The lowest BCUT2D eigenvalue weighted by atomic mass is 9.87. The summed E-state index contributed by atoms with van der Waals surface area (Å²) in [5, 5.41) is 18.6. The summed E-state index contributed by atoms with van der Waals surface area (Å²) < 4.78 is 5.46. The zero-order chi connectivity index (χ0) is 12.7. The van der Waals surface area contributed by atoms with E-state index < -0.39 is 11.5 Å². The third-order valence-electron chi connectivity index (χ3n) is 2.77. The number of nitriles is 1. The van der Waals surface area contributed by atoms with Crippen LogP contribution in [0.3, 0.4) is 0 Å². The van der Waals surface area contributed by atoms with E-state index in [0.717, 1.165) is 5.56 Å². The number of hydrogen-bond donors (Lipinski definition) is 1. The van der Waals surface area contributed by atoms with E-state index in [-0.39, 0.29) is 0 Å². The molecule has 1 atom stereocenters. The topological polar surface area (TPSA) is 53.2 Å². The fourth-order valence-corrected chi connectivity index (χ4v) is 1.39. The minimum Gasteiger partial charge on any atom is -0.391 e. The molecule has 0 spiro atoms. The molecule has 0 heterocycles. The van der Waals surface area contributed by atoms with E-state index >= 15 is 0 Å². The Morgan fingerprint density at radius 2 is 2.00 bits per heavy atom. The van der Waals surface area contributed by atoms with Crippen molar-refractivity contribution in [3.8, 4) is 6.07 Å². The van der Waals surface area contributed by atoms with Crippen LogP contribution in [0.25, 0.3) is 0 Å². The maximum Gasteiger partial charge on any atom is 0.0777 e. The number of nitrogens with zero attached hydrogens (tertiary/aromatic N) is 1. The summed E-state index contributed by atoms with van der Waals surface area (Å²) in [5.41, 5.74) is 0.400. The molecule has 3 heteroatoms. The molecule has 0 fully saturated rings. The largest absolute Gasteiger partial charge is 0.391 e. The lowest BCUT2D eigenvalue weighted by molar-refractivity contribution is 0.0330. The summed E-state index contributed by atoms with van der Waals surface area (Å²) in [5.74, 6) is 0. The average molecular weight is 233 g/mol. The van der Waals surface area contributed by atoms with Crippen LogP contribution in [0, 0.1) is 16.7 Å². The predicted octanol–water partition coefficient (Wildman–Crippen LogP) is 2.50. The minimum absolute atomic E-state index is 0.459. The van der Waals surface area contributed by atoms with Gasteiger partial charge in [-0.3, -0.25) is 0 Å². The van der Waals surface area contributed by atoms with Crippen molar-refractivity contribution in [1.82, 2.24) is 0 Å². The van der Waals surface area contributed by atoms with Crippen molar-refractivity contribution in [2.24, 2.45) is 5.41 Å². The second-order valence-electron chi connectivity index (χ2n) is 4.68. The Hall–Kier alpha value is -1.37. The summed E-state index contributed by atoms with van der Waals surface area (Å²) in [6, 6.07) is 12.0. The summed E-state index contributed by atoms with van der Waals surface area (Å²) in [6.07, 6.45) is -0.170. The molecular weight excluding hydrogens is 214 g/mol. The van der Waals surface area contributed by atoms with E-state index in [0.29, 0.717) is 19.6 Å². The Kier molecular flexibility index (Phi) is 5.14. The van der Waals surface area contributed by atoms with Crippen molar-refractivity contribution < 1.29 is 9.84 Å². The van der Waals surface area contributed by atoms with Gasteiger partial charge in [0.25, 0.3) is 0 Å². The zero-order valence-corrected chi connectivity index (χ0v) is 10.4. The number of aliphatic hydroxyl groups excluding tert-OH is 1. The second kappa shape index (κ2) is 6.39. The smallest absolute Gasteiger partial charge is 0.0777 e. The van der Waals surface area contributed by atoms with Crippen LogP contribution in [-0.4, -0.2) is 17.8 Å². The predicted molar refractivity (Wildman–Crippen MR) is 66.1 cm³/mol. The molecule has 0 aliphatic rings. The highest BCUT2D eigenvalue weighted by atomic mass is 16.5. The maximum atomic E-state index is 9.77. The molecule has 0 aliphatic heterocycles. The van der Waals surface area contributed by atoms with Crippen LogP contribution in [0.2, 0.25) is 0 Å². The summed E-state index contributed by atoms with van der Waals surface area (Å²) in [6.45, 7) is 4.46. The van der Waals surface area contributed by atoms with E-state index in [9.17, 15) is 5.11 Å². The molecule has 1 aromatic carbocycles. The lowest BCUT2D eigenvalue weighted by Gasteiger charge is -2.22. The van der Waals surface area contributed by atoms with Gasteiger partial charge in [-0.25, -0.2) is 0 Å². The van der Waals surface area contributed by atoms with Gasteiger partial charge in [0.2, 0.25) is 0 Å². The molecule has 0 saturated carbocycles. The van der Waals surface area contributed by atoms with Crippen molar-refractivity contribution in [3.63, 3.8) is 0 Å². The standard InChI is InChI=1S/C14H19NO2/c1-14(2,11-15)13(16)8-9-17-10-12-6-4-3-5-7-12/h3-7,13,16H,8-10H2,1-2H3/t13-/m1/s1. The van der Waals surface area contributed by atoms with Crippen LogP contribution >= 0.6 is 0 Å². The number of benzene rings is 1. The van der Waals surface area contributed by atoms with Crippen LogP contribution < -0.4 is 0 Å². The van der Waals surface area contributed by atoms with E-state index in [1.807, 2.05) is 30.3 Å². The molecule has 92 valence electrons. The molecule has 0 amide bonds. The van der Waals surface area contributed by atoms with Crippen molar-refractivity contribution in [3.05, 3.63) is 35.9 Å². The first-order valence-corrected chi connectivity index (χ1v) is 5.77. The van der Waals surface area contributed by atoms with Gasteiger partial charge < -0.3 is 9.84 Å². The molecule has 1 N–H and O–H groups in total. The normalized spacial score (nSPS) is 13.1. The van der Waals surface area contributed by atoms with Gasteiger partial charge in [-0.1, -0.05) is 30.3 Å². The molecule has 0 unspecified atom stereocenters. The van der Waals surface area contributed by atoms with Crippen LogP contribution in [0.4, 0.5) is 0 Å². The highest BCUT2D eigenvalue weighted by Gasteiger charge is 2.26. The van der Waals surface area contributed by atoms with Crippen LogP contribution in [0.5, 0.6) is 0 Å². The summed E-state index contributed by atoms with van der Waals surface area (Å²) >= 11 is 0. The monoisotopic (exact) mass is 233 g/mol. The van der Waals surface area contributed by atoms with Gasteiger partial charge in [0.1, 0.15) is 0 Å². The van der Waals surface area contributed by atoms with Gasteiger partial charge in [0.05, 0.1) is 24.2 Å². The molecule has 17 heavy (non-hydrogen) atoms. The molecule has 0 saturated heterocycles. The third-order valence-corrected chi connectivity index (χ3v) is 2.77. The molecule has 1 rings (SSSR count). The van der Waals surface area contributed by atoms with Gasteiger partial charge in [-0.05, 0) is 25.8 Å². The van der Waals surface area contributed by atoms with E-state index in [1.165, 1.54) is 0 Å². The van der Waals surface area contributed by atoms with Gasteiger partial charge in [0, 0.05) is 6.61 Å². The highest BCUT2D eigenvalue weighted by Crippen LogP contribution is 2.21. The molecule has 0 radical (unpaired) electrons. The van der Waals surface area contributed by atoms with Crippen LogP contribution in [0.15, 0.2) is 30.3 Å². The van der Waals surface area contributed by atoms with E-state index in [1.54, 1.807) is 13.8 Å². The Morgan fingerprint density at radius 1 is 1.35 bits per heavy atom. The SMILES string of the molecule is CC(C)(C#N)[C@H](O)CCOCc1ccccc1. The summed E-state index contributed by atoms with van der Waals surface area (Å²) in [7, 11) is 0. The van der Waals surface area contributed by atoms with Crippen LogP contribution in [0.1, 0.15) is 25.8 Å². The zero-order valence-electron chi connectivity index (χ0n) is 10.4. The molecule has 0 bridgehead atoms. The molecular formula is C14H19NO2. The van der Waals surface area contributed by atoms with Crippen molar-refractivity contribution in [2.75, 3.05) is 6.61 Å². The Balaban J connectivity index is 2.24. The van der Waals surface area contributed by atoms with E-state index in [4.69, 9.17) is 10.00 Å². The second-order valence-corrected chi connectivity index (χ2v) is 4.68. The van der Waals surface area contributed by atoms with Gasteiger partial charge >= 0.3 is 0 Å². The highest BCUT2D eigenvalue weighted by molar-refractivity contribution is 5.13. The van der Waals surface area contributed by atoms with Gasteiger partial charge in [0.15, 0.2) is 0 Å². The van der Waals surface area contributed by atoms with Gasteiger partial charge in [-0.15, -0.1) is 0 Å². The van der Waals surface area contributed by atoms with Crippen molar-refractivity contribution in [1.29, 1.82) is 5.26 Å². The molecule has 0 aromatic heterocycles. The third kappa shape index (κ3) is 4.56. The van der Waals surface area contributed by atoms with Crippen LogP contribution in [-0.2, 0) is 11.3 Å². The Bertz CT molecular complexity index is 368. The summed E-state index contributed by atoms with van der Waals surface area (Å²) in [4.78, 5) is 0. The maximum absolute atomic E-state index is 9.77. The average Bonchev–Trinajstić information content (AvgIpc) is 2.35. The molecule has 0 aliphatic carbocycles. The number of hydrogen-bond acceptors (Lipinski definition) is 3. The number of ether oxygens (including phenoxy) is 1. The fourth-order valence-electron chi connectivity index (χ4n) is 1.39. The van der Waals surface area contributed by atoms with Crippen molar-refractivity contribution in [2.45, 2.75) is 33.0 Å². The minimum atomic E-state index is -0.712. The Morgan fingerprint density at radius 3 is 2.59 bits per heavy atom. The first-order valence-electron chi connectivity index (χ1n) is 5.77. The molecule has 3 nitrogen and oxygen atoms in total. The Labute approximate surface area is 103 Å². The lowest BCUT2D eigenvalue weighted by Crippen LogP contribution is -2.28. The molecule has 1 aromatic rings. The quantitative estimate of drug-likeness (QED) is 0.768. The van der Waals surface area contributed by atoms with Crippen molar-refractivity contribution >= 4 is 0 Å². The number of aliphatic hydroxyl groups is 1. The first-order chi connectivity index (χ1) is 8.06. The van der Waals surface area contributed by atoms with Gasteiger partial charge in [-0.2, -0.15) is 5.26 Å².